The van der Waals surface area contributed by atoms with E-state index >= 15 is 0 Å². The molecule has 0 aliphatic heterocycles. The normalized spacial score (nSPS) is 12.7. The third-order valence-corrected chi connectivity index (χ3v) is 3.97. The molecule has 0 aliphatic carbocycles. The van der Waals surface area contributed by atoms with Crippen LogP contribution in [-0.2, 0) is 27.2 Å². The van der Waals surface area contributed by atoms with Gasteiger partial charge in [0.2, 0.25) is 11.8 Å². The van der Waals surface area contributed by atoms with E-state index in [0.717, 1.165) is 0 Å². The Balaban J connectivity index is 2.14. The number of carboxylic acid groups (broad SMARTS) is 1. The van der Waals surface area contributed by atoms with E-state index < -0.39 is 41.5 Å². The molecule has 3 N–H and O–H groups in total. The number of rotatable bonds is 8. The Hall–Kier alpha value is -3.29. The van der Waals surface area contributed by atoms with Crippen LogP contribution in [0, 0.1) is 11.6 Å². The van der Waals surface area contributed by atoms with E-state index in [2.05, 4.69) is 10.6 Å². The van der Waals surface area contributed by atoms with Gasteiger partial charge in [-0.05, 0) is 35.4 Å². The highest BCUT2D eigenvalue weighted by atomic mass is 19.1. The Bertz CT molecular complexity index is 873. The molecule has 2 aromatic rings. The highest BCUT2D eigenvalue weighted by Crippen LogP contribution is 2.09. The van der Waals surface area contributed by atoms with E-state index in [0.29, 0.717) is 11.1 Å². The summed E-state index contributed by atoms with van der Waals surface area (Å²) in [6.07, 6.45) is -0.152. The Morgan fingerprint density at radius 1 is 0.893 bits per heavy atom. The fourth-order valence-electron chi connectivity index (χ4n) is 2.73. The number of hydrogen-bond donors (Lipinski definition) is 3. The van der Waals surface area contributed by atoms with E-state index in [-0.39, 0.29) is 12.8 Å². The van der Waals surface area contributed by atoms with Crippen molar-refractivity contribution in [2.75, 3.05) is 0 Å². The van der Waals surface area contributed by atoms with Crippen molar-refractivity contribution in [3.63, 3.8) is 0 Å². The average molecular weight is 390 g/mol. The molecule has 28 heavy (non-hydrogen) atoms. The lowest BCUT2D eigenvalue weighted by Crippen LogP contribution is -2.52. The van der Waals surface area contributed by atoms with E-state index in [1.807, 2.05) is 0 Å². The molecular formula is C20H20F2N2O4. The van der Waals surface area contributed by atoms with Crippen molar-refractivity contribution < 1.29 is 28.3 Å². The van der Waals surface area contributed by atoms with Gasteiger partial charge < -0.3 is 15.7 Å². The predicted molar refractivity (Wildman–Crippen MR) is 97.4 cm³/mol. The molecule has 0 saturated carbocycles. The lowest BCUT2D eigenvalue weighted by molar-refractivity contribution is -0.142. The van der Waals surface area contributed by atoms with E-state index in [1.165, 1.54) is 43.3 Å². The summed E-state index contributed by atoms with van der Waals surface area (Å²) in [6, 6.07) is 8.51. The summed E-state index contributed by atoms with van der Waals surface area (Å²) in [5.74, 6) is -3.54. The van der Waals surface area contributed by atoms with Crippen LogP contribution in [0.4, 0.5) is 8.78 Å². The van der Waals surface area contributed by atoms with Gasteiger partial charge >= 0.3 is 5.97 Å². The van der Waals surface area contributed by atoms with Crippen LogP contribution in [0.25, 0.3) is 0 Å². The number of carboxylic acids is 1. The molecule has 0 unspecified atom stereocenters. The van der Waals surface area contributed by atoms with Crippen molar-refractivity contribution in [1.29, 1.82) is 0 Å². The summed E-state index contributed by atoms with van der Waals surface area (Å²) in [7, 11) is 0. The van der Waals surface area contributed by atoms with Gasteiger partial charge in [-0.3, -0.25) is 9.59 Å². The number of carbonyl (C=O) groups excluding carboxylic acids is 2. The first kappa shape index (κ1) is 21.0. The summed E-state index contributed by atoms with van der Waals surface area (Å²) in [4.78, 5) is 35.6. The van der Waals surface area contributed by atoms with Gasteiger partial charge in [0, 0.05) is 19.8 Å². The van der Waals surface area contributed by atoms with Crippen LogP contribution in [0.2, 0.25) is 0 Å². The predicted octanol–water partition coefficient (Wildman–Crippen LogP) is 1.82. The quantitative estimate of drug-likeness (QED) is 0.641. The SMILES string of the molecule is CC(=O)N[C@H](Cc1cccc(F)c1)C(=O)N[C@@H](Cc1cccc(F)c1)C(=O)O. The van der Waals surface area contributed by atoms with Gasteiger partial charge in [-0.2, -0.15) is 0 Å². The largest absolute Gasteiger partial charge is 0.480 e. The van der Waals surface area contributed by atoms with Crippen LogP contribution in [0.3, 0.4) is 0 Å². The fourth-order valence-corrected chi connectivity index (χ4v) is 2.73. The number of benzene rings is 2. The molecule has 8 heteroatoms. The summed E-state index contributed by atoms with van der Waals surface area (Å²) in [5.41, 5.74) is 0.861. The molecule has 6 nitrogen and oxygen atoms in total. The van der Waals surface area contributed by atoms with E-state index in [1.54, 1.807) is 12.1 Å². The number of nitrogens with one attached hydrogen (secondary N) is 2. The molecule has 0 aromatic heterocycles. The first-order valence-electron chi connectivity index (χ1n) is 8.53. The zero-order valence-corrected chi connectivity index (χ0v) is 15.1. The number of aliphatic carboxylic acids is 1. The molecule has 0 saturated heterocycles. The molecule has 2 amide bonds. The monoisotopic (exact) mass is 390 g/mol. The molecule has 2 aromatic carbocycles. The minimum atomic E-state index is -1.32. The summed E-state index contributed by atoms with van der Waals surface area (Å²) in [6.45, 7) is 1.22. The van der Waals surface area contributed by atoms with Crippen molar-refractivity contribution in [1.82, 2.24) is 10.6 Å². The topological polar surface area (TPSA) is 95.5 Å². The van der Waals surface area contributed by atoms with E-state index in [9.17, 15) is 28.3 Å². The first-order chi connectivity index (χ1) is 13.2. The molecule has 0 heterocycles. The van der Waals surface area contributed by atoms with Gasteiger partial charge in [-0.25, -0.2) is 13.6 Å². The van der Waals surface area contributed by atoms with Gasteiger partial charge in [0.1, 0.15) is 23.7 Å². The second-order valence-corrected chi connectivity index (χ2v) is 6.32. The molecule has 0 spiro atoms. The third-order valence-electron chi connectivity index (χ3n) is 3.97. The molecule has 0 radical (unpaired) electrons. The Morgan fingerprint density at radius 2 is 1.39 bits per heavy atom. The number of hydrogen-bond acceptors (Lipinski definition) is 3. The van der Waals surface area contributed by atoms with Gasteiger partial charge in [-0.1, -0.05) is 24.3 Å². The Labute approximate surface area is 160 Å². The summed E-state index contributed by atoms with van der Waals surface area (Å²) in [5, 5.41) is 14.2. The van der Waals surface area contributed by atoms with Crippen molar-refractivity contribution in [2.24, 2.45) is 0 Å². The van der Waals surface area contributed by atoms with Crippen molar-refractivity contribution >= 4 is 17.8 Å². The Kier molecular flexibility index (Phi) is 7.20. The molecule has 0 aliphatic rings. The van der Waals surface area contributed by atoms with Gasteiger partial charge in [0.15, 0.2) is 0 Å². The van der Waals surface area contributed by atoms with Crippen LogP contribution in [-0.4, -0.2) is 35.0 Å². The van der Waals surface area contributed by atoms with E-state index in [4.69, 9.17) is 0 Å². The van der Waals surface area contributed by atoms with Crippen LogP contribution < -0.4 is 10.6 Å². The number of carbonyl (C=O) groups is 3. The van der Waals surface area contributed by atoms with Crippen molar-refractivity contribution in [3.05, 3.63) is 71.3 Å². The molecule has 0 bridgehead atoms. The van der Waals surface area contributed by atoms with Crippen molar-refractivity contribution in [3.8, 4) is 0 Å². The van der Waals surface area contributed by atoms with Gasteiger partial charge in [0.05, 0.1) is 0 Å². The van der Waals surface area contributed by atoms with Crippen LogP contribution >= 0.6 is 0 Å². The molecule has 2 atom stereocenters. The lowest BCUT2D eigenvalue weighted by atomic mass is 10.0. The second kappa shape index (κ2) is 9.59. The van der Waals surface area contributed by atoms with Crippen LogP contribution in [0.1, 0.15) is 18.1 Å². The molecule has 2 rings (SSSR count). The van der Waals surface area contributed by atoms with Crippen LogP contribution in [0.5, 0.6) is 0 Å². The van der Waals surface area contributed by atoms with Gasteiger partial charge in [-0.15, -0.1) is 0 Å². The third kappa shape index (κ3) is 6.46. The zero-order chi connectivity index (χ0) is 20.7. The fraction of sp³-hybridized carbons (Fsp3) is 0.250. The minimum Gasteiger partial charge on any atom is -0.480 e. The standard InChI is InChI=1S/C20H20F2N2O4/c1-12(25)23-17(10-13-4-2-6-15(21)8-13)19(26)24-18(20(27)28)11-14-5-3-7-16(22)9-14/h2-9,17-18H,10-11H2,1H3,(H,23,25)(H,24,26)(H,27,28)/t17-,18+/m1/s1. The molecular weight excluding hydrogens is 370 g/mol. The summed E-state index contributed by atoms with van der Waals surface area (Å²) < 4.78 is 26.7. The minimum absolute atomic E-state index is 0.0184. The molecule has 0 fully saturated rings. The van der Waals surface area contributed by atoms with Crippen molar-refractivity contribution in [2.45, 2.75) is 31.8 Å². The first-order valence-corrected chi connectivity index (χ1v) is 8.53. The summed E-state index contributed by atoms with van der Waals surface area (Å²) >= 11 is 0. The van der Waals surface area contributed by atoms with Crippen LogP contribution in [0.15, 0.2) is 48.5 Å². The number of amides is 2. The highest BCUT2D eigenvalue weighted by Gasteiger charge is 2.26. The average Bonchev–Trinajstić information content (AvgIpc) is 2.60. The Morgan fingerprint density at radius 3 is 1.82 bits per heavy atom. The highest BCUT2D eigenvalue weighted by molar-refractivity contribution is 5.90. The smallest absolute Gasteiger partial charge is 0.326 e. The zero-order valence-electron chi connectivity index (χ0n) is 15.1. The lowest BCUT2D eigenvalue weighted by Gasteiger charge is -2.21. The van der Waals surface area contributed by atoms with Gasteiger partial charge in [0.25, 0.3) is 0 Å². The maximum atomic E-state index is 13.4. The second-order valence-electron chi connectivity index (χ2n) is 6.32. The molecule has 148 valence electrons. The number of halogens is 2. The maximum Gasteiger partial charge on any atom is 0.326 e. The maximum absolute atomic E-state index is 13.4.